The average molecular weight is 444 g/mol. The summed E-state index contributed by atoms with van der Waals surface area (Å²) in [7, 11) is -3.72. The van der Waals surface area contributed by atoms with Crippen molar-refractivity contribution in [1.82, 2.24) is 4.31 Å². The predicted molar refractivity (Wildman–Crippen MR) is 117 cm³/mol. The molecule has 8 nitrogen and oxygen atoms in total. The fourth-order valence-corrected chi connectivity index (χ4v) is 5.33. The number of sulfonamides is 1. The van der Waals surface area contributed by atoms with Crippen LogP contribution < -0.4 is 15.4 Å². The van der Waals surface area contributed by atoms with Gasteiger partial charge in [-0.1, -0.05) is 12.1 Å². The van der Waals surface area contributed by atoms with E-state index >= 15 is 0 Å². The Kier molecular flexibility index (Phi) is 5.72. The van der Waals surface area contributed by atoms with Crippen LogP contribution in [-0.2, 0) is 19.6 Å². The Labute approximate surface area is 181 Å². The number of hydrogen-bond acceptors (Lipinski definition) is 5. The summed E-state index contributed by atoms with van der Waals surface area (Å²) in [5.41, 5.74) is 3.38. The SMILES string of the molecule is Cc1cccc(NC(=O)C2CCN(S(=O)(=O)c3ccc4c(c3)OCC(=O)N4)CC2)c1C. The number of nitrogens with one attached hydrogen (secondary N) is 2. The summed E-state index contributed by atoms with van der Waals surface area (Å²) in [6, 6.07) is 10.2. The van der Waals surface area contributed by atoms with Gasteiger partial charge in [-0.25, -0.2) is 8.42 Å². The maximum absolute atomic E-state index is 13.1. The van der Waals surface area contributed by atoms with Crippen LogP contribution in [0.4, 0.5) is 11.4 Å². The quantitative estimate of drug-likeness (QED) is 0.756. The molecule has 164 valence electrons. The zero-order valence-electron chi connectivity index (χ0n) is 17.5. The van der Waals surface area contributed by atoms with Gasteiger partial charge in [0.15, 0.2) is 6.61 Å². The van der Waals surface area contributed by atoms with Crippen LogP contribution in [0.3, 0.4) is 0 Å². The Morgan fingerprint density at radius 3 is 2.65 bits per heavy atom. The van der Waals surface area contributed by atoms with E-state index in [0.29, 0.717) is 24.3 Å². The number of benzene rings is 2. The highest BCUT2D eigenvalue weighted by Crippen LogP contribution is 2.32. The minimum absolute atomic E-state index is 0.0799. The van der Waals surface area contributed by atoms with Crippen molar-refractivity contribution in [3.63, 3.8) is 0 Å². The number of nitrogens with zero attached hydrogens (tertiary/aromatic N) is 1. The molecule has 0 saturated carbocycles. The lowest BCUT2D eigenvalue weighted by Crippen LogP contribution is -2.41. The zero-order chi connectivity index (χ0) is 22.2. The number of anilines is 2. The van der Waals surface area contributed by atoms with Gasteiger partial charge < -0.3 is 15.4 Å². The summed E-state index contributed by atoms with van der Waals surface area (Å²) < 4.78 is 32.9. The van der Waals surface area contributed by atoms with E-state index in [4.69, 9.17) is 4.74 Å². The first-order valence-electron chi connectivity index (χ1n) is 10.2. The summed E-state index contributed by atoms with van der Waals surface area (Å²) in [5, 5.41) is 5.63. The van der Waals surface area contributed by atoms with Gasteiger partial charge in [0.1, 0.15) is 5.75 Å². The molecule has 0 bridgehead atoms. The number of carbonyl (C=O) groups excluding carboxylic acids is 2. The van der Waals surface area contributed by atoms with Crippen LogP contribution >= 0.6 is 0 Å². The Bertz CT molecular complexity index is 1140. The van der Waals surface area contributed by atoms with Gasteiger partial charge in [-0.15, -0.1) is 0 Å². The van der Waals surface area contributed by atoms with E-state index in [0.717, 1.165) is 16.8 Å². The number of amides is 2. The molecule has 9 heteroatoms. The largest absolute Gasteiger partial charge is 0.482 e. The molecule has 0 unspecified atom stereocenters. The van der Waals surface area contributed by atoms with Crippen molar-refractivity contribution >= 4 is 33.2 Å². The van der Waals surface area contributed by atoms with E-state index in [2.05, 4.69) is 10.6 Å². The van der Waals surface area contributed by atoms with Crippen LogP contribution in [0.25, 0.3) is 0 Å². The van der Waals surface area contributed by atoms with Crippen molar-refractivity contribution in [2.45, 2.75) is 31.6 Å². The summed E-state index contributed by atoms with van der Waals surface area (Å²) in [5.74, 6) is -0.259. The molecule has 0 spiro atoms. The van der Waals surface area contributed by atoms with Crippen LogP contribution in [-0.4, -0.2) is 44.2 Å². The molecule has 2 N–H and O–H groups in total. The maximum atomic E-state index is 13.1. The van der Waals surface area contributed by atoms with Crippen molar-refractivity contribution < 1.29 is 22.7 Å². The maximum Gasteiger partial charge on any atom is 0.262 e. The van der Waals surface area contributed by atoms with Gasteiger partial charge in [-0.2, -0.15) is 4.31 Å². The molecule has 1 saturated heterocycles. The van der Waals surface area contributed by atoms with E-state index in [9.17, 15) is 18.0 Å². The summed E-state index contributed by atoms with van der Waals surface area (Å²) in [6.45, 7) is 4.35. The average Bonchev–Trinajstić information content (AvgIpc) is 2.76. The highest BCUT2D eigenvalue weighted by molar-refractivity contribution is 7.89. The third-order valence-electron chi connectivity index (χ3n) is 5.91. The van der Waals surface area contributed by atoms with Crippen LogP contribution in [0.15, 0.2) is 41.3 Å². The molecule has 0 atom stereocenters. The van der Waals surface area contributed by atoms with E-state index in [1.54, 1.807) is 0 Å². The number of carbonyl (C=O) groups is 2. The molecule has 2 aromatic rings. The van der Waals surface area contributed by atoms with Crippen LogP contribution in [0.1, 0.15) is 24.0 Å². The lowest BCUT2D eigenvalue weighted by Gasteiger charge is -2.31. The van der Waals surface area contributed by atoms with Crippen molar-refractivity contribution in [2.75, 3.05) is 30.3 Å². The van der Waals surface area contributed by atoms with Gasteiger partial charge in [0.05, 0.1) is 10.6 Å². The van der Waals surface area contributed by atoms with Gasteiger partial charge in [0.2, 0.25) is 15.9 Å². The lowest BCUT2D eigenvalue weighted by atomic mass is 9.97. The fraction of sp³-hybridized carbons (Fsp3) is 0.364. The highest BCUT2D eigenvalue weighted by atomic mass is 32.2. The number of hydrogen-bond donors (Lipinski definition) is 2. The predicted octanol–water partition coefficient (Wildman–Crippen LogP) is 2.67. The van der Waals surface area contributed by atoms with E-state index < -0.39 is 10.0 Å². The second-order valence-corrected chi connectivity index (χ2v) is 9.85. The van der Waals surface area contributed by atoms with E-state index in [1.165, 1.54) is 22.5 Å². The Balaban J connectivity index is 1.41. The van der Waals surface area contributed by atoms with Crippen molar-refractivity contribution in [3.8, 4) is 5.75 Å². The Morgan fingerprint density at radius 2 is 1.90 bits per heavy atom. The molecule has 4 rings (SSSR count). The second kappa shape index (κ2) is 8.32. The lowest BCUT2D eigenvalue weighted by molar-refractivity contribution is -0.121. The van der Waals surface area contributed by atoms with Crippen LogP contribution in [0.5, 0.6) is 5.75 Å². The van der Waals surface area contributed by atoms with Crippen LogP contribution in [0.2, 0.25) is 0 Å². The first-order valence-corrected chi connectivity index (χ1v) is 11.6. The summed E-state index contributed by atoms with van der Waals surface area (Å²) in [6.07, 6.45) is 0.904. The van der Waals surface area contributed by atoms with Gasteiger partial charge >= 0.3 is 0 Å². The molecule has 2 aliphatic heterocycles. The number of piperidine rings is 1. The Morgan fingerprint density at radius 1 is 1.16 bits per heavy atom. The van der Waals surface area contributed by atoms with Gasteiger partial charge in [0.25, 0.3) is 5.91 Å². The normalized spacial score (nSPS) is 17.4. The van der Waals surface area contributed by atoms with Gasteiger partial charge in [-0.05, 0) is 56.0 Å². The molecular weight excluding hydrogens is 418 g/mol. The fourth-order valence-electron chi connectivity index (χ4n) is 3.84. The molecule has 2 aromatic carbocycles. The molecule has 0 aliphatic carbocycles. The monoisotopic (exact) mass is 443 g/mol. The third kappa shape index (κ3) is 4.28. The third-order valence-corrected chi connectivity index (χ3v) is 7.81. The van der Waals surface area contributed by atoms with Crippen molar-refractivity contribution in [3.05, 3.63) is 47.5 Å². The number of rotatable bonds is 4. The van der Waals surface area contributed by atoms with Crippen molar-refractivity contribution in [2.24, 2.45) is 5.92 Å². The Hall–Kier alpha value is -2.91. The highest BCUT2D eigenvalue weighted by Gasteiger charge is 2.33. The molecule has 0 aromatic heterocycles. The molecule has 2 amide bonds. The molecule has 1 fully saturated rings. The van der Waals surface area contributed by atoms with Crippen LogP contribution in [0, 0.1) is 19.8 Å². The summed E-state index contributed by atoms with van der Waals surface area (Å²) >= 11 is 0. The molecule has 0 radical (unpaired) electrons. The minimum atomic E-state index is -3.72. The minimum Gasteiger partial charge on any atom is -0.482 e. The number of fused-ring (bicyclic) bond motifs is 1. The van der Waals surface area contributed by atoms with Crippen molar-refractivity contribution in [1.29, 1.82) is 0 Å². The van der Waals surface area contributed by atoms with Gasteiger partial charge in [-0.3, -0.25) is 9.59 Å². The second-order valence-electron chi connectivity index (χ2n) is 7.91. The standard InChI is InChI=1S/C22H25N3O5S/c1-14-4-3-5-18(15(14)2)24-22(27)16-8-10-25(11-9-16)31(28,29)17-6-7-19-20(12-17)30-13-21(26)23-19/h3-7,12,16H,8-11,13H2,1-2H3,(H,23,26)(H,24,27). The molecular formula is C22H25N3O5S. The first-order chi connectivity index (χ1) is 14.8. The zero-order valence-corrected chi connectivity index (χ0v) is 18.3. The topological polar surface area (TPSA) is 105 Å². The van der Waals surface area contributed by atoms with E-state index in [-0.39, 0.29) is 42.3 Å². The van der Waals surface area contributed by atoms with Gasteiger partial charge in [0, 0.05) is 30.8 Å². The molecule has 31 heavy (non-hydrogen) atoms. The summed E-state index contributed by atoms with van der Waals surface area (Å²) in [4.78, 5) is 24.2. The first kappa shape index (κ1) is 21.3. The smallest absolute Gasteiger partial charge is 0.262 e. The van der Waals surface area contributed by atoms with E-state index in [1.807, 2.05) is 32.0 Å². The molecule has 2 aliphatic rings. The number of ether oxygens (including phenoxy) is 1. The number of aryl methyl sites for hydroxylation is 1. The molecule has 2 heterocycles.